The van der Waals surface area contributed by atoms with Gasteiger partial charge in [-0.15, -0.1) is 0 Å². The van der Waals surface area contributed by atoms with E-state index < -0.39 is 0 Å². The van der Waals surface area contributed by atoms with Crippen LogP contribution in [0.1, 0.15) is 39.0 Å². The van der Waals surface area contributed by atoms with Gasteiger partial charge in [0.1, 0.15) is 0 Å². The molecule has 2 aliphatic rings. The lowest BCUT2D eigenvalue weighted by atomic mass is 9.74. The topological polar surface area (TPSA) is 23.5 Å². The zero-order chi connectivity index (χ0) is 10.0. The molecule has 0 aromatic heterocycles. The summed E-state index contributed by atoms with van der Waals surface area (Å²) in [5, 5.41) is 8.95. The minimum atomic E-state index is 0.382. The molecule has 14 heavy (non-hydrogen) atoms. The Hall–Kier alpha value is -0.0800. The number of aliphatic hydroxyl groups is 1. The van der Waals surface area contributed by atoms with Crippen molar-refractivity contribution in [1.29, 1.82) is 0 Å². The minimum Gasteiger partial charge on any atom is -0.396 e. The highest BCUT2D eigenvalue weighted by Crippen LogP contribution is 2.37. The van der Waals surface area contributed by atoms with Crippen LogP contribution < -0.4 is 0 Å². The van der Waals surface area contributed by atoms with E-state index in [0.717, 1.165) is 13.1 Å². The molecule has 0 amide bonds. The van der Waals surface area contributed by atoms with E-state index in [1.54, 1.807) is 0 Å². The molecule has 2 heteroatoms. The first-order chi connectivity index (χ1) is 6.72. The van der Waals surface area contributed by atoms with Crippen LogP contribution in [-0.2, 0) is 0 Å². The number of hydrogen-bond acceptors (Lipinski definition) is 2. The van der Waals surface area contributed by atoms with Crippen LogP contribution in [0.2, 0.25) is 0 Å². The molecule has 2 fully saturated rings. The fourth-order valence-corrected chi connectivity index (χ4v) is 3.02. The van der Waals surface area contributed by atoms with Gasteiger partial charge in [0.25, 0.3) is 0 Å². The monoisotopic (exact) mass is 197 g/mol. The average molecular weight is 197 g/mol. The number of aliphatic hydroxyl groups excluding tert-OH is 1. The molecule has 1 saturated heterocycles. The van der Waals surface area contributed by atoms with E-state index in [4.69, 9.17) is 5.11 Å². The van der Waals surface area contributed by atoms with E-state index >= 15 is 0 Å². The van der Waals surface area contributed by atoms with E-state index in [0.29, 0.717) is 17.9 Å². The molecule has 0 aromatic rings. The predicted octanol–water partition coefficient (Wildman–Crippen LogP) is 1.88. The van der Waals surface area contributed by atoms with Gasteiger partial charge in [-0.05, 0) is 18.3 Å². The van der Waals surface area contributed by atoms with E-state index in [9.17, 15) is 0 Å². The molecule has 0 radical (unpaired) electrons. The van der Waals surface area contributed by atoms with Gasteiger partial charge in [-0.1, -0.05) is 26.2 Å². The van der Waals surface area contributed by atoms with Crippen molar-refractivity contribution in [2.45, 2.75) is 39.0 Å². The van der Waals surface area contributed by atoms with Crippen LogP contribution in [0.3, 0.4) is 0 Å². The second kappa shape index (κ2) is 4.19. The Morgan fingerprint density at radius 1 is 1.21 bits per heavy atom. The van der Waals surface area contributed by atoms with Crippen molar-refractivity contribution in [2.75, 3.05) is 26.2 Å². The Bertz CT molecular complexity index is 181. The van der Waals surface area contributed by atoms with Gasteiger partial charge in [-0.3, -0.25) is 0 Å². The lowest BCUT2D eigenvalue weighted by Gasteiger charge is -2.45. The van der Waals surface area contributed by atoms with Crippen molar-refractivity contribution in [3.63, 3.8) is 0 Å². The fraction of sp³-hybridized carbons (Fsp3) is 1.00. The number of nitrogens with zero attached hydrogens (tertiary/aromatic N) is 1. The highest BCUT2D eigenvalue weighted by Gasteiger charge is 2.34. The van der Waals surface area contributed by atoms with E-state index in [1.807, 2.05) is 0 Å². The zero-order valence-electron chi connectivity index (χ0n) is 9.34. The van der Waals surface area contributed by atoms with Gasteiger partial charge in [-0.25, -0.2) is 0 Å². The molecule has 0 spiro atoms. The van der Waals surface area contributed by atoms with Crippen LogP contribution in [0.5, 0.6) is 0 Å². The predicted molar refractivity (Wildman–Crippen MR) is 58.2 cm³/mol. The smallest absolute Gasteiger partial charge is 0.0483 e. The Kier molecular flexibility index (Phi) is 3.13. The summed E-state index contributed by atoms with van der Waals surface area (Å²) in [5.74, 6) is 0.571. The van der Waals surface area contributed by atoms with Crippen molar-refractivity contribution < 1.29 is 5.11 Å². The SMILES string of the molecule is CC1(CN2CC(CO)C2)CCCCC1. The summed E-state index contributed by atoms with van der Waals surface area (Å²) in [6.07, 6.45) is 7.11. The zero-order valence-corrected chi connectivity index (χ0v) is 9.34. The first kappa shape index (κ1) is 10.4. The number of hydrogen-bond donors (Lipinski definition) is 1. The maximum atomic E-state index is 8.95. The first-order valence-electron chi connectivity index (χ1n) is 6.05. The highest BCUT2D eigenvalue weighted by atomic mass is 16.3. The third kappa shape index (κ3) is 2.29. The van der Waals surface area contributed by atoms with Crippen LogP contribution in [0.4, 0.5) is 0 Å². The van der Waals surface area contributed by atoms with E-state index in [-0.39, 0.29) is 0 Å². The van der Waals surface area contributed by atoms with Crippen LogP contribution in [-0.4, -0.2) is 36.2 Å². The summed E-state index contributed by atoms with van der Waals surface area (Å²) < 4.78 is 0. The summed E-state index contributed by atoms with van der Waals surface area (Å²) in [6, 6.07) is 0. The molecule has 2 rings (SSSR count). The highest BCUT2D eigenvalue weighted by molar-refractivity contribution is 4.87. The van der Waals surface area contributed by atoms with Gasteiger partial charge in [-0.2, -0.15) is 0 Å². The Morgan fingerprint density at radius 3 is 2.43 bits per heavy atom. The van der Waals surface area contributed by atoms with Crippen LogP contribution in [0.15, 0.2) is 0 Å². The Labute approximate surface area is 87.3 Å². The summed E-state index contributed by atoms with van der Waals surface area (Å²) >= 11 is 0. The lowest BCUT2D eigenvalue weighted by Crippen LogP contribution is -2.52. The number of rotatable bonds is 3. The third-order valence-corrected chi connectivity index (χ3v) is 3.96. The first-order valence-corrected chi connectivity index (χ1v) is 6.05. The van der Waals surface area contributed by atoms with Crippen LogP contribution in [0, 0.1) is 11.3 Å². The molecular formula is C12H23NO. The summed E-state index contributed by atoms with van der Waals surface area (Å²) in [5.41, 5.74) is 0.582. The van der Waals surface area contributed by atoms with Gasteiger partial charge in [0.05, 0.1) is 0 Å². The standard InChI is InChI=1S/C12H23NO/c1-12(5-3-2-4-6-12)10-13-7-11(8-13)9-14/h11,14H,2-10H2,1H3. The molecule has 1 aliphatic carbocycles. The lowest BCUT2D eigenvalue weighted by molar-refractivity contribution is 0.0116. The molecule has 1 saturated carbocycles. The molecule has 2 nitrogen and oxygen atoms in total. The summed E-state index contributed by atoms with van der Waals surface area (Å²) in [6.45, 7) is 6.35. The second-order valence-electron chi connectivity index (χ2n) is 5.61. The van der Waals surface area contributed by atoms with E-state index in [1.165, 1.54) is 38.6 Å². The van der Waals surface area contributed by atoms with Gasteiger partial charge >= 0.3 is 0 Å². The largest absolute Gasteiger partial charge is 0.396 e. The number of likely N-dealkylation sites (tertiary alicyclic amines) is 1. The van der Waals surface area contributed by atoms with E-state index in [2.05, 4.69) is 11.8 Å². The summed E-state index contributed by atoms with van der Waals surface area (Å²) in [4.78, 5) is 2.52. The minimum absolute atomic E-state index is 0.382. The quantitative estimate of drug-likeness (QED) is 0.746. The molecule has 0 unspecified atom stereocenters. The van der Waals surface area contributed by atoms with Gasteiger partial charge in [0, 0.05) is 32.2 Å². The van der Waals surface area contributed by atoms with Crippen molar-refractivity contribution in [3.8, 4) is 0 Å². The molecule has 1 aliphatic heterocycles. The molecule has 1 heterocycles. The normalized spacial score (nSPS) is 28.7. The Morgan fingerprint density at radius 2 is 1.86 bits per heavy atom. The molecule has 0 atom stereocenters. The van der Waals surface area contributed by atoms with Crippen LogP contribution >= 0.6 is 0 Å². The molecule has 1 N–H and O–H groups in total. The maximum absolute atomic E-state index is 8.95. The van der Waals surface area contributed by atoms with Crippen LogP contribution in [0.25, 0.3) is 0 Å². The average Bonchev–Trinajstić information content (AvgIpc) is 2.12. The van der Waals surface area contributed by atoms with Gasteiger partial charge in [0.15, 0.2) is 0 Å². The van der Waals surface area contributed by atoms with Gasteiger partial charge in [0.2, 0.25) is 0 Å². The Balaban J connectivity index is 1.74. The maximum Gasteiger partial charge on any atom is 0.0483 e. The van der Waals surface area contributed by atoms with Crippen molar-refractivity contribution in [2.24, 2.45) is 11.3 Å². The fourth-order valence-electron chi connectivity index (χ4n) is 3.02. The molecular weight excluding hydrogens is 174 g/mol. The third-order valence-electron chi connectivity index (χ3n) is 3.96. The van der Waals surface area contributed by atoms with Crippen molar-refractivity contribution in [1.82, 2.24) is 4.90 Å². The molecule has 82 valence electrons. The molecule has 0 bridgehead atoms. The molecule has 0 aromatic carbocycles. The van der Waals surface area contributed by atoms with Gasteiger partial charge < -0.3 is 10.0 Å². The van der Waals surface area contributed by atoms with Crippen molar-refractivity contribution >= 4 is 0 Å². The second-order valence-corrected chi connectivity index (χ2v) is 5.61. The van der Waals surface area contributed by atoms with Crippen molar-refractivity contribution in [3.05, 3.63) is 0 Å². The summed E-state index contributed by atoms with van der Waals surface area (Å²) in [7, 11) is 0.